The molecular weight excluding hydrogens is 478 g/mol. The molecule has 0 aliphatic carbocycles. The summed E-state index contributed by atoms with van der Waals surface area (Å²) in [6.07, 6.45) is 1.14. The average Bonchev–Trinajstić information content (AvgIpc) is 2.87. The van der Waals surface area contributed by atoms with Gasteiger partial charge in [0.2, 0.25) is 23.6 Å². The van der Waals surface area contributed by atoms with Crippen molar-refractivity contribution in [2.75, 3.05) is 0 Å². The molecule has 0 aliphatic heterocycles. The lowest BCUT2D eigenvalue weighted by Gasteiger charge is -2.28. The van der Waals surface area contributed by atoms with Crippen LogP contribution in [0.4, 0.5) is 0 Å². The Labute approximate surface area is 218 Å². The molecule has 6 unspecified atom stereocenters. The molecule has 0 aromatic heterocycles. The Kier molecular flexibility index (Phi) is 13.3. The number of carboxylic acid groups (broad SMARTS) is 1. The van der Waals surface area contributed by atoms with Crippen LogP contribution in [0.5, 0.6) is 0 Å². The third kappa shape index (κ3) is 10.6. The van der Waals surface area contributed by atoms with E-state index < -0.39 is 53.8 Å². The van der Waals surface area contributed by atoms with Gasteiger partial charge < -0.3 is 32.5 Å². The van der Waals surface area contributed by atoms with Crippen LogP contribution in [0, 0.1) is 11.8 Å². The number of amides is 4. The van der Waals surface area contributed by atoms with Crippen LogP contribution in [-0.2, 0) is 30.4 Å². The second kappa shape index (κ2) is 15.6. The van der Waals surface area contributed by atoms with Crippen molar-refractivity contribution in [3.63, 3.8) is 0 Å². The van der Waals surface area contributed by atoms with Gasteiger partial charge in [-0.15, -0.1) is 0 Å². The number of carbonyl (C=O) groups is 5. The quantitative estimate of drug-likeness (QED) is 0.182. The Hall–Kier alpha value is -3.47. The first-order valence-electron chi connectivity index (χ1n) is 12.6. The maximum absolute atomic E-state index is 13.3. The van der Waals surface area contributed by atoms with Gasteiger partial charge in [0.1, 0.15) is 18.1 Å². The minimum absolute atomic E-state index is 0.0290. The van der Waals surface area contributed by atoms with E-state index in [4.69, 9.17) is 11.5 Å². The molecule has 8 N–H and O–H groups in total. The van der Waals surface area contributed by atoms with E-state index in [-0.39, 0.29) is 31.1 Å². The first-order valence-corrected chi connectivity index (χ1v) is 12.6. The first kappa shape index (κ1) is 31.6. The molecule has 0 bridgehead atoms. The maximum atomic E-state index is 13.3. The van der Waals surface area contributed by atoms with E-state index in [1.807, 2.05) is 19.9 Å². The monoisotopic (exact) mass is 519 g/mol. The molecule has 0 heterocycles. The predicted octanol–water partition coefficient (Wildman–Crippen LogP) is 0.453. The van der Waals surface area contributed by atoms with Crippen LogP contribution >= 0.6 is 0 Å². The van der Waals surface area contributed by atoms with E-state index in [1.165, 1.54) is 0 Å². The van der Waals surface area contributed by atoms with Crippen molar-refractivity contribution in [3.8, 4) is 0 Å². The fraction of sp³-hybridized carbons (Fsp3) is 0.577. The molecular formula is C26H41N5O6. The third-order valence-corrected chi connectivity index (χ3v) is 6.52. The Morgan fingerprint density at radius 3 is 1.89 bits per heavy atom. The molecule has 0 saturated carbocycles. The second-order valence-corrected chi connectivity index (χ2v) is 9.44. The Morgan fingerprint density at radius 2 is 1.38 bits per heavy atom. The standard InChI is InChI=1S/C26H41N5O6/c1-5-15(3)21(30-23(33)18(27)12-13-20(28)32)25(35)29-19(14-17-10-8-7-9-11-17)24(34)31-22(26(36)37)16(4)6-2/h7-11,15-16,18-19,21-22H,5-6,12-14,27H2,1-4H3,(H2,28,32)(H,29,35)(H,30,33)(H,31,34)(H,36,37). The van der Waals surface area contributed by atoms with E-state index in [1.54, 1.807) is 38.1 Å². The van der Waals surface area contributed by atoms with Crippen LogP contribution in [0.2, 0.25) is 0 Å². The van der Waals surface area contributed by atoms with E-state index in [0.29, 0.717) is 12.8 Å². The van der Waals surface area contributed by atoms with Crippen molar-refractivity contribution in [1.82, 2.24) is 16.0 Å². The number of aliphatic carboxylic acids is 1. The minimum Gasteiger partial charge on any atom is -0.480 e. The molecule has 206 valence electrons. The Balaban J connectivity index is 3.14. The summed E-state index contributed by atoms with van der Waals surface area (Å²) in [6.45, 7) is 7.17. The molecule has 6 atom stereocenters. The number of carbonyl (C=O) groups excluding carboxylic acids is 4. The van der Waals surface area contributed by atoms with Crippen LogP contribution < -0.4 is 27.4 Å². The van der Waals surface area contributed by atoms with Crippen molar-refractivity contribution >= 4 is 29.6 Å². The van der Waals surface area contributed by atoms with E-state index in [2.05, 4.69) is 16.0 Å². The van der Waals surface area contributed by atoms with Gasteiger partial charge in [-0.25, -0.2) is 4.79 Å². The molecule has 4 amide bonds. The summed E-state index contributed by atoms with van der Waals surface area (Å²) < 4.78 is 0. The van der Waals surface area contributed by atoms with Gasteiger partial charge in [0.25, 0.3) is 0 Å². The molecule has 37 heavy (non-hydrogen) atoms. The summed E-state index contributed by atoms with van der Waals surface area (Å²) in [6, 6.07) is 4.73. The fourth-order valence-electron chi connectivity index (χ4n) is 3.65. The van der Waals surface area contributed by atoms with Gasteiger partial charge in [0.15, 0.2) is 0 Å². The van der Waals surface area contributed by atoms with Crippen LogP contribution in [0.3, 0.4) is 0 Å². The number of rotatable bonds is 16. The van der Waals surface area contributed by atoms with Crippen LogP contribution in [-0.4, -0.2) is 58.9 Å². The van der Waals surface area contributed by atoms with Crippen molar-refractivity contribution in [1.29, 1.82) is 0 Å². The number of nitrogens with one attached hydrogen (secondary N) is 3. The fourth-order valence-corrected chi connectivity index (χ4v) is 3.65. The highest BCUT2D eigenvalue weighted by Gasteiger charge is 2.33. The van der Waals surface area contributed by atoms with Gasteiger partial charge in [0.05, 0.1) is 6.04 Å². The summed E-state index contributed by atoms with van der Waals surface area (Å²) >= 11 is 0. The van der Waals surface area contributed by atoms with E-state index in [0.717, 1.165) is 5.56 Å². The highest BCUT2D eigenvalue weighted by Crippen LogP contribution is 2.12. The summed E-state index contributed by atoms with van der Waals surface area (Å²) in [5, 5.41) is 17.5. The number of primary amides is 1. The number of carboxylic acids is 1. The zero-order valence-corrected chi connectivity index (χ0v) is 22.0. The summed E-state index contributed by atoms with van der Waals surface area (Å²) in [5.41, 5.74) is 11.7. The van der Waals surface area contributed by atoms with Gasteiger partial charge in [-0.05, 0) is 23.8 Å². The molecule has 0 radical (unpaired) electrons. The number of benzene rings is 1. The average molecular weight is 520 g/mol. The van der Waals surface area contributed by atoms with Gasteiger partial charge >= 0.3 is 5.97 Å². The molecule has 0 saturated heterocycles. The number of hydrogen-bond acceptors (Lipinski definition) is 6. The zero-order valence-electron chi connectivity index (χ0n) is 22.0. The van der Waals surface area contributed by atoms with Gasteiger partial charge in [-0.3, -0.25) is 19.2 Å². The normalized spacial score (nSPS) is 15.8. The van der Waals surface area contributed by atoms with Crippen molar-refractivity contribution in [2.24, 2.45) is 23.3 Å². The van der Waals surface area contributed by atoms with Crippen molar-refractivity contribution < 1.29 is 29.1 Å². The highest BCUT2D eigenvalue weighted by molar-refractivity contribution is 5.94. The third-order valence-electron chi connectivity index (χ3n) is 6.52. The summed E-state index contributed by atoms with van der Waals surface area (Å²) in [5.74, 6) is -4.25. The lowest BCUT2D eigenvalue weighted by Crippen LogP contribution is -2.59. The lowest BCUT2D eigenvalue weighted by molar-refractivity contribution is -0.144. The van der Waals surface area contributed by atoms with Gasteiger partial charge in [-0.2, -0.15) is 0 Å². The molecule has 1 rings (SSSR count). The molecule has 1 aromatic carbocycles. The smallest absolute Gasteiger partial charge is 0.326 e. The topological polar surface area (TPSA) is 194 Å². The highest BCUT2D eigenvalue weighted by atomic mass is 16.4. The predicted molar refractivity (Wildman–Crippen MR) is 139 cm³/mol. The Bertz CT molecular complexity index is 925. The molecule has 1 aromatic rings. The summed E-state index contributed by atoms with van der Waals surface area (Å²) in [4.78, 5) is 62.0. The number of nitrogens with two attached hydrogens (primary N) is 2. The first-order chi connectivity index (χ1) is 17.4. The SMILES string of the molecule is CCC(C)C(NC(=O)C(Cc1ccccc1)NC(=O)C(NC(=O)C(N)CCC(N)=O)C(C)CC)C(=O)O. The minimum atomic E-state index is -1.16. The van der Waals surface area contributed by atoms with Gasteiger partial charge in [-0.1, -0.05) is 70.9 Å². The van der Waals surface area contributed by atoms with Crippen LogP contribution in [0.25, 0.3) is 0 Å². The van der Waals surface area contributed by atoms with Gasteiger partial charge in [0, 0.05) is 12.8 Å². The zero-order chi connectivity index (χ0) is 28.1. The Morgan fingerprint density at radius 1 is 0.838 bits per heavy atom. The van der Waals surface area contributed by atoms with Crippen LogP contribution in [0.1, 0.15) is 58.9 Å². The lowest BCUT2D eigenvalue weighted by atomic mass is 9.96. The van der Waals surface area contributed by atoms with E-state index >= 15 is 0 Å². The molecule has 0 fully saturated rings. The number of hydrogen-bond donors (Lipinski definition) is 6. The van der Waals surface area contributed by atoms with E-state index in [9.17, 15) is 29.1 Å². The van der Waals surface area contributed by atoms with Crippen LogP contribution in [0.15, 0.2) is 30.3 Å². The van der Waals surface area contributed by atoms with Crippen molar-refractivity contribution in [3.05, 3.63) is 35.9 Å². The summed E-state index contributed by atoms with van der Waals surface area (Å²) in [7, 11) is 0. The second-order valence-electron chi connectivity index (χ2n) is 9.44. The molecule has 11 heteroatoms. The molecule has 0 aliphatic rings. The largest absolute Gasteiger partial charge is 0.480 e. The molecule has 0 spiro atoms. The molecule has 11 nitrogen and oxygen atoms in total. The maximum Gasteiger partial charge on any atom is 0.326 e. The van der Waals surface area contributed by atoms with Crippen molar-refractivity contribution in [2.45, 2.75) is 84.0 Å².